The van der Waals surface area contributed by atoms with Gasteiger partial charge in [0.2, 0.25) is 5.91 Å². The van der Waals surface area contributed by atoms with Crippen LogP contribution in [0.2, 0.25) is 0 Å². The van der Waals surface area contributed by atoms with Gasteiger partial charge in [0.1, 0.15) is 12.4 Å². The molecule has 2 aromatic rings. The summed E-state index contributed by atoms with van der Waals surface area (Å²) in [5.41, 5.74) is 2.71. The molecule has 2 N–H and O–H groups in total. The van der Waals surface area contributed by atoms with E-state index in [2.05, 4.69) is 10.6 Å². The second kappa shape index (κ2) is 8.72. The zero-order valence-corrected chi connectivity index (χ0v) is 14.0. The van der Waals surface area contributed by atoms with E-state index in [-0.39, 0.29) is 11.8 Å². The first-order valence-corrected chi connectivity index (χ1v) is 7.85. The normalized spacial score (nSPS) is 10.1. The molecule has 0 heterocycles. The fourth-order valence-electron chi connectivity index (χ4n) is 2.07. The van der Waals surface area contributed by atoms with Crippen LogP contribution in [0, 0.1) is 6.92 Å². The number of ether oxygens (including phenoxy) is 1. The molecule has 0 aliphatic heterocycles. The molecule has 0 aromatic heterocycles. The summed E-state index contributed by atoms with van der Waals surface area (Å²) in [6.07, 6.45) is 0. The summed E-state index contributed by atoms with van der Waals surface area (Å²) in [6.45, 7) is 4.79. The summed E-state index contributed by atoms with van der Waals surface area (Å²) >= 11 is 0. The van der Waals surface area contributed by atoms with Gasteiger partial charge in [-0.15, -0.1) is 0 Å². The molecule has 0 bridgehead atoms. The van der Waals surface area contributed by atoms with Gasteiger partial charge in [-0.05, 0) is 36.8 Å². The number of rotatable bonds is 7. The van der Waals surface area contributed by atoms with Gasteiger partial charge in [-0.3, -0.25) is 9.59 Å². The van der Waals surface area contributed by atoms with E-state index in [0.29, 0.717) is 25.3 Å². The lowest BCUT2D eigenvalue weighted by molar-refractivity contribution is -0.119. The minimum absolute atomic E-state index is 0.0783. The fraction of sp³-hybridized carbons (Fsp3) is 0.263. The lowest BCUT2D eigenvalue weighted by atomic mass is 10.1. The number of nitrogens with one attached hydrogen (secondary N) is 2. The molecule has 24 heavy (non-hydrogen) atoms. The minimum atomic E-state index is -0.145. The van der Waals surface area contributed by atoms with Crippen molar-refractivity contribution in [3.63, 3.8) is 0 Å². The van der Waals surface area contributed by atoms with E-state index in [0.717, 1.165) is 11.3 Å². The smallest absolute Gasteiger partial charge is 0.251 e. The predicted molar refractivity (Wildman–Crippen MR) is 93.0 cm³/mol. The Hall–Kier alpha value is -2.82. The molecule has 5 heteroatoms. The summed E-state index contributed by atoms with van der Waals surface area (Å²) in [5.74, 6) is 0.566. The Labute approximate surface area is 142 Å². The van der Waals surface area contributed by atoms with Gasteiger partial charge in [0, 0.05) is 19.0 Å². The molecule has 0 radical (unpaired) electrons. The molecule has 2 rings (SSSR count). The van der Waals surface area contributed by atoms with Gasteiger partial charge in [-0.1, -0.05) is 29.8 Å². The Balaban J connectivity index is 1.73. The standard InChI is InChI=1S/C19H22N2O3/c1-14-3-9-18(10-4-14)24-12-11-20-19(23)17-7-5-16(6-8-17)13-21-15(2)22/h3-10H,11-13H2,1-2H3,(H,20,23)(H,21,22). The van der Waals surface area contributed by atoms with Crippen molar-refractivity contribution in [1.82, 2.24) is 10.6 Å². The molecule has 0 aliphatic rings. The van der Waals surface area contributed by atoms with Crippen molar-refractivity contribution in [2.45, 2.75) is 20.4 Å². The Morgan fingerprint density at radius 3 is 2.25 bits per heavy atom. The van der Waals surface area contributed by atoms with Gasteiger partial charge in [-0.2, -0.15) is 0 Å². The van der Waals surface area contributed by atoms with Crippen molar-refractivity contribution in [2.24, 2.45) is 0 Å². The molecule has 126 valence electrons. The number of hydrogen-bond acceptors (Lipinski definition) is 3. The number of carbonyl (C=O) groups is 2. The Morgan fingerprint density at radius 2 is 1.62 bits per heavy atom. The van der Waals surface area contributed by atoms with E-state index in [9.17, 15) is 9.59 Å². The number of aryl methyl sites for hydroxylation is 1. The zero-order chi connectivity index (χ0) is 17.4. The maximum absolute atomic E-state index is 12.0. The molecule has 2 aromatic carbocycles. The highest BCUT2D eigenvalue weighted by Crippen LogP contribution is 2.10. The molecular weight excluding hydrogens is 304 g/mol. The third-order valence-electron chi connectivity index (χ3n) is 3.43. The van der Waals surface area contributed by atoms with E-state index in [1.54, 1.807) is 12.1 Å². The Morgan fingerprint density at radius 1 is 0.958 bits per heavy atom. The van der Waals surface area contributed by atoms with Crippen LogP contribution in [-0.2, 0) is 11.3 Å². The monoisotopic (exact) mass is 326 g/mol. The van der Waals surface area contributed by atoms with Gasteiger partial charge in [0.15, 0.2) is 0 Å². The van der Waals surface area contributed by atoms with Crippen LogP contribution in [0.1, 0.15) is 28.4 Å². The van der Waals surface area contributed by atoms with Crippen LogP contribution in [0.15, 0.2) is 48.5 Å². The first-order valence-electron chi connectivity index (χ1n) is 7.85. The lowest BCUT2D eigenvalue weighted by Gasteiger charge is -2.09. The second-order valence-electron chi connectivity index (χ2n) is 5.52. The van der Waals surface area contributed by atoms with E-state index in [1.807, 2.05) is 43.3 Å². The van der Waals surface area contributed by atoms with E-state index < -0.39 is 0 Å². The van der Waals surface area contributed by atoms with Crippen molar-refractivity contribution < 1.29 is 14.3 Å². The van der Waals surface area contributed by atoms with Gasteiger partial charge < -0.3 is 15.4 Å². The van der Waals surface area contributed by atoms with E-state index >= 15 is 0 Å². The zero-order valence-electron chi connectivity index (χ0n) is 14.0. The second-order valence-corrected chi connectivity index (χ2v) is 5.52. The summed E-state index contributed by atoms with van der Waals surface area (Å²) in [4.78, 5) is 22.9. The first-order chi connectivity index (χ1) is 11.5. The first kappa shape index (κ1) is 17.5. The van der Waals surface area contributed by atoms with Gasteiger partial charge in [0.25, 0.3) is 5.91 Å². The fourth-order valence-corrected chi connectivity index (χ4v) is 2.07. The van der Waals surface area contributed by atoms with E-state index in [1.165, 1.54) is 12.5 Å². The molecule has 2 amide bonds. The lowest BCUT2D eigenvalue weighted by Crippen LogP contribution is -2.28. The number of amides is 2. The Bertz CT molecular complexity index is 679. The molecule has 5 nitrogen and oxygen atoms in total. The van der Waals surface area contributed by atoms with Crippen LogP contribution in [0.25, 0.3) is 0 Å². The summed E-state index contributed by atoms with van der Waals surface area (Å²) < 4.78 is 5.57. The van der Waals surface area contributed by atoms with Crippen molar-refractivity contribution in [3.05, 3.63) is 65.2 Å². The molecule has 0 saturated carbocycles. The van der Waals surface area contributed by atoms with Crippen LogP contribution in [0.4, 0.5) is 0 Å². The summed E-state index contributed by atoms with van der Waals surface area (Å²) in [6, 6.07) is 14.9. The highest BCUT2D eigenvalue weighted by molar-refractivity contribution is 5.94. The molecule has 0 saturated heterocycles. The molecule has 0 spiro atoms. The highest BCUT2D eigenvalue weighted by Gasteiger charge is 2.05. The van der Waals surface area contributed by atoms with Gasteiger partial charge in [0.05, 0.1) is 6.54 Å². The van der Waals surface area contributed by atoms with Crippen LogP contribution < -0.4 is 15.4 Å². The number of benzene rings is 2. The van der Waals surface area contributed by atoms with Crippen LogP contribution in [0.5, 0.6) is 5.75 Å². The maximum Gasteiger partial charge on any atom is 0.251 e. The topological polar surface area (TPSA) is 67.4 Å². The molecule has 0 atom stereocenters. The number of hydrogen-bond donors (Lipinski definition) is 2. The van der Waals surface area contributed by atoms with E-state index in [4.69, 9.17) is 4.74 Å². The third-order valence-corrected chi connectivity index (χ3v) is 3.43. The van der Waals surface area contributed by atoms with Crippen LogP contribution in [0.3, 0.4) is 0 Å². The minimum Gasteiger partial charge on any atom is -0.492 e. The van der Waals surface area contributed by atoms with Crippen molar-refractivity contribution >= 4 is 11.8 Å². The highest BCUT2D eigenvalue weighted by atomic mass is 16.5. The predicted octanol–water partition coefficient (Wildman–Crippen LogP) is 2.44. The summed E-state index contributed by atoms with van der Waals surface area (Å²) in [5, 5.41) is 5.53. The van der Waals surface area contributed by atoms with Crippen LogP contribution >= 0.6 is 0 Å². The van der Waals surface area contributed by atoms with Crippen LogP contribution in [-0.4, -0.2) is 25.0 Å². The maximum atomic E-state index is 12.0. The van der Waals surface area contributed by atoms with Crippen molar-refractivity contribution in [1.29, 1.82) is 0 Å². The SMILES string of the molecule is CC(=O)NCc1ccc(C(=O)NCCOc2ccc(C)cc2)cc1. The summed E-state index contributed by atoms with van der Waals surface area (Å²) in [7, 11) is 0. The van der Waals surface area contributed by atoms with Crippen molar-refractivity contribution in [2.75, 3.05) is 13.2 Å². The average molecular weight is 326 g/mol. The van der Waals surface area contributed by atoms with Gasteiger partial charge in [-0.25, -0.2) is 0 Å². The van der Waals surface area contributed by atoms with Crippen molar-refractivity contribution in [3.8, 4) is 5.75 Å². The van der Waals surface area contributed by atoms with Gasteiger partial charge >= 0.3 is 0 Å². The number of carbonyl (C=O) groups excluding carboxylic acids is 2. The molecule has 0 fully saturated rings. The quantitative estimate of drug-likeness (QED) is 0.768. The molecular formula is C19H22N2O3. The Kier molecular flexibility index (Phi) is 6.37. The molecule has 0 aliphatic carbocycles. The largest absolute Gasteiger partial charge is 0.492 e. The third kappa shape index (κ3) is 5.76. The average Bonchev–Trinajstić information content (AvgIpc) is 2.58. The molecule has 0 unspecified atom stereocenters.